The molecule has 4 rings (SSSR count). The van der Waals surface area contributed by atoms with Crippen molar-refractivity contribution in [3.63, 3.8) is 0 Å². The highest BCUT2D eigenvalue weighted by atomic mass is 16.5. The van der Waals surface area contributed by atoms with Crippen LogP contribution in [0, 0.1) is 6.92 Å². The predicted molar refractivity (Wildman–Crippen MR) is 101 cm³/mol. The SMILES string of the molecule is COc1cc2ncn(-c3cc(C)nc4c(OC)cccc34)c2cc1OC. The first-order valence-corrected chi connectivity index (χ1v) is 8.20. The summed E-state index contributed by atoms with van der Waals surface area (Å²) >= 11 is 0. The highest BCUT2D eigenvalue weighted by Crippen LogP contribution is 2.35. The molecule has 2 aromatic heterocycles. The molecule has 6 heteroatoms. The first-order chi connectivity index (χ1) is 12.7. The lowest BCUT2D eigenvalue weighted by atomic mass is 10.1. The topological polar surface area (TPSA) is 58.4 Å². The molecule has 0 atom stereocenters. The maximum atomic E-state index is 5.49. The number of fused-ring (bicyclic) bond motifs is 2. The van der Waals surface area contributed by atoms with Crippen molar-refractivity contribution in [3.05, 3.63) is 48.4 Å². The van der Waals surface area contributed by atoms with Crippen molar-refractivity contribution in [1.29, 1.82) is 0 Å². The van der Waals surface area contributed by atoms with Crippen LogP contribution >= 0.6 is 0 Å². The molecule has 0 fully saturated rings. The van der Waals surface area contributed by atoms with Crippen LogP contribution in [0.5, 0.6) is 17.2 Å². The molecule has 132 valence electrons. The van der Waals surface area contributed by atoms with Crippen LogP contribution in [0.15, 0.2) is 42.7 Å². The Bertz CT molecular complexity index is 1120. The van der Waals surface area contributed by atoms with E-state index in [0.717, 1.165) is 39.1 Å². The number of hydrogen-bond donors (Lipinski definition) is 0. The minimum atomic E-state index is 0.655. The summed E-state index contributed by atoms with van der Waals surface area (Å²) < 4.78 is 18.4. The van der Waals surface area contributed by atoms with E-state index in [9.17, 15) is 0 Å². The Morgan fingerprint density at radius 3 is 2.35 bits per heavy atom. The number of nitrogens with zero attached hydrogens (tertiary/aromatic N) is 3. The molecule has 6 nitrogen and oxygen atoms in total. The van der Waals surface area contributed by atoms with Crippen molar-refractivity contribution in [2.45, 2.75) is 6.92 Å². The van der Waals surface area contributed by atoms with E-state index in [4.69, 9.17) is 14.2 Å². The van der Waals surface area contributed by atoms with Gasteiger partial charge in [-0.3, -0.25) is 4.57 Å². The van der Waals surface area contributed by atoms with Crippen LogP contribution in [0.4, 0.5) is 0 Å². The van der Waals surface area contributed by atoms with Gasteiger partial charge in [-0.05, 0) is 19.1 Å². The summed E-state index contributed by atoms with van der Waals surface area (Å²) in [6.45, 7) is 1.97. The minimum absolute atomic E-state index is 0.655. The van der Waals surface area contributed by atoms with Crippen molar-refractivity contribution < 1.29 is 14.2 Å². The average Bonchev–Trinajstić information content (AvgIpc) is 3.08. The number of ether oxygens (including phenoxy) is 3. The molecule has 0 amide bonds. The Labute approximate surface area is 151 Å². The first kappa shape index (κ1) is 16.2. The summed E-state index contributed by atoms with van der Waals surface area (Å²) in [4.78, 5) is 9.19. The third kappa shape index (κ3) is 2.42. The number of imidazole rings is 1. The van der Waals surface area contributed by atoms with E-state index in [1.807, 2.05) is 47.9 Å². The highest BCUT2D eigenvalue weighted by Gasteiger charge is 2.15. The molecule has 4 aromatic rings. The smallest absolute Gasteiger partial charge is 0.163 e. The number of rotatable bonds is 4. The van der Waals surface area contributed by atoms with E-state index in [1.54, 1.807) is 27.7 Å². The molecule has 0 radical (unpaired) electrons. The van der Waals surface area contributed by atoms with E-state index in [2.05, 4.69) is 9.97 Å². The molecule has 0 saturated carbocycles. The Morgan fingerprint density at radius 2 is 1.62 bits per heavy atom. The second kappa shape index (κ2) is 6.22. The number of pyridine rings is 1. The van der Waals surface area contributed by atoms with Gasteiger partial charge in [0.25, 0.3) is 0 Å². The lowest BCUT2D eigenvalue weighted by molar-refractivity contribution is 0.355. The maximum Gasteiger partial charge on any atom is 0.163 e. The van der Waals surface area contributed by atoms with E-state index < -0.39 is 0 Å². The van der Waals surface area contributed by atoms with Crippen molar-refractivity contribution in [2.75, 3.05) is 21.3 Å². The van der Waals surface area contributed by atoms with Crippen LogP contribution in [0.3, 0.4) is 0 Å². The van der Waals surface area contributed by atoms with Crippen molar-refractivity contribution in [1.82, 2.24) is 14.5 Å². The second-order valence-electron chi connectivity index (χ2n) is 5.95. The zero-order valence-electron chi connectivity index (χ0n) is 15.1. The van der Waals surface area contributed by atoms with Gasteiger partial charge in [-0.25, -0.2) is 9.97 Å². The standard InChI is InChI=1S/C20H19N3O3/c1-12-8-15(13-6-5-7-17(24-2)20(13)22-12)23-11-21-14-9-18(25-3)19(26-4)10-16(14)23/h5-11H,1-4H3. The van der Waals surface area contributed by atoms with Gasteiger partial charge in [0, 0.05) is 23.2 Å². The summed E-state index contributed by atoms with van der Waals surface area (Å²) in [5, 5.41) is 0.990. The monoisotopic (exact) mass is 349 g/mol. The van der Waals surface area contributed by atoms with E-state index in [-0.39, 0.29) is 0 Å². The van der Waals surface area contributed by atoms with Crippen molar-refractivity contribution >= 4 is 21.9 Å². The molecule has 0 saturated heterocycles. The molecule has 0 aliphatic rings. The minimum Gasteiger partial charge on any atom is -0.494 e. The number of para-hydroxylation sites is 1. The molecule has 2 aromatic carbocycles. The third-order valence-corrected chi connectivity index (χ3v) is 4.44. The zero-order chi connectivity index (χ0) is 18.3. The van der Waals surface area contributed by atoms with Crippen LogP contribution in [0.25, 0.3) is 27.6 Å². The van der Waals surface area contributed by atoms with E-state index >= 15 is 0 Å². The lowest BCUT2D eigenvalue weighted by Gasteiger charge is -2.13. The molecule has 0 aliphatic carbocycles. The molecular weight excluding hydrogens is 330 g/mol. The Hall–Kier alpha value is -3.28. The van der Waals surface area contributed by atoms with Crippen LogP contribution in [-0.4, -0.2) is 35.9 Å². The van der Waals surface area contributed by atoms with Gasteiger partial charge in [0.05, 0.1) is 38.1 Å². The van der Waals surface area contributed by atoms with Gasteiger partial charge in [0.1, 0.15) is 17.6 Å². The summed E-state index contributed by atoms with van der Waals surface area (Å²) in [6.07, 6.45) is 1.80. The van der Waals surface area contributed by atoms with Gasteiger partial charge in [-0.1, -0.05) is 12.1 Å². The fraction of sp³-hybridized carbons (Fsp3) is 0.200. The van der Waals surface area contributed by atoms with Crippen LogP contribution < -0.4 is 14.2 Å². The number of aryl methyl sites for hydroxylation is 1. The molecule has 0 bridgehead atoms. The predicted octanol–water partition coefficient (Wildman–Crippen LogP) is 3.91. The van der Waals surface area contributed by atoms with Gasteiger partial charge in [0.2, 0.25) is 0 Å². The summed E-state index contributed by atoms with van der Waals surface area (Å²) in [6, 6.07) is 11.8. The molecule has 26 heavy (non-hydrogen) atoms. The fourth-order valence-electron chi connectivity index (χ4n) is 3.22. The summed E-state index contributed by atoms with van der Waals surface area (Å²) in [5.41, 5.74) is 4.47. The molecule has 0 unspecified atom stereocenters. The normalized spacial score (nSPS) is 11.1. The summed E-state index contributed by atoms with van der Waals surface area (Å²) in [5.74, 6) is 2.06. The van der Waals surface area contributed by atoms with E-state index in [0.29, 0.717) is 11.5 Å². The maximum absolute atomic E-state index is 5.49. The van der Waals surface area contributed by atoms with Gasteiger partial charge < -0.3 is 14.2 Å². The molecule has 0 spiro atoms. The molecule has 2 heterocycles. The van der Waals surface area contributed by atoms with Crippen molar-refractivity contribution in [3.8, 4) is 22.9 Å². The first-order valence-electron chi connectivity index (χ1n) is 8.20. The molecular formula is C20H19N3O3. The Balaban J connectivity index is 2.04. The van der Waals surface area contributed by atoms with Gasteiger partial charge >= 0.3 is 0 Å². The largest absolute Gasteiger partial charge is 0.494 e. The number of hydrogen-bond acceptors (Lipinski definition) is 5. The Kier molecular flexibility index (Phi) is 3.88. The molecule has 0 N–H and O–H groups in total. The third-order valence-electron chi connectivity index (χ3n) is 4.44. The number of aromatic nitrogens is 3. The lowest BCUT2D eigenvalue weighted by Crippen LogP contribution is -1.99. The zero-order valence-corrected chi connectivity index (χ0v) is 15.1. The molecule has 0 aliphatic heterocycles. The fourth-order valence-corrected chi connectivity index (χ4v) is 3.22. The average molecular weight is 349 g/mol. The van der Waals surface area contributed by atoms with Crippen LogP contribution in [0.2, 0.25) is 0 Å². The van der Waals surface area contributed by atoms with Gasteiger partial charge in [0.15, 0.2) is 11.5 Å². The number of methoxy groups -OCH3 is 3. The van der Waals surface area contributed by atoms with Crippen LogP contribution in [0.1, 0.15) is 5.69 Å². The van der Waals surface area contributed by atoms with E-state index in [1.165, 1.54) is 0 Å². The quantitative estimate of drug-likeness (QED) is 0.559. The second-order valence-corrected chi connectivity index (χ2v) is 5.95. The Morgan fingerprint density at radius 1 is 0.885 bits per heavy atom. The highest BCUT2D eigenvalue weighted by molar-refractivity contribution is 5.94. The van der Waals surface area contributed by atoms with Gasteiger partial charge in [-0.2, -0.15) is 0 Å². The summed E-state index contributed by atoms with van der Waals surface area (Å²) in [7, 11) is 4.90. The van der Waals surface area contributed by atoms with Crippen molar-refractivity contribution in [2.24, 2.45) is 0 Å². The number of benzene rings is 2. The van der Waals surface area contributed by atoms with Gasteiger partial charge in [-0.15, -0.1) is 0 Å². The van der Waals surface area contributed by atoms with Crippen LogP contribution in [-0.2, 0) is 0 Å².